The Kier molecular flexibility index (Phi) is 3.23. The number of Topliss-reactive ketones (excluding diaryl/α,β-unsaturated/α-hetero) is 1. The number of aromatic nitrogens is 2. The van der Waals surface area contributed by atoms with Gasteiger partial charge in [0.25, 0.3) is 5.56 Å². The molecule has 0 fully saturated rings. The molecule has 2 aromatic heterocycles. The summed E-state index contributed by atoms with van der Waals surface area (Å²) < 4.78 is 3.56. The van der Waals surface area contributed by atoms with Gasteiger partial charge in [-0.3, -0.25) is 9.59 Å². The maximum atomic E-state index is 11.5. The molecule has 0 N–H and O–H groups in total. The summed E-state index contributed by atoms with van der Waals surface area (Å²) in [7, 11) is 0. The van der Waals surface area contributed by atoms with Crippen molar-refractivity contribution in [2.24, 2.45) is 0 Å². The van der Waals surface area contributed by atoms with Crippen LogP contribution in [0.2, 0.25) is 0 Å². The molecule has 0 amide bonds. The van der Waals surface area contributed by atoms with Crippen LogP contribution in [0.4, 0.5) is 0 Å². The Bertz CT molecular complexity index is 581. The molecule has 0 aromatic carbocycles. The predicted octanol–water partition coefficient (Wildman–Crippen LogP) is 1.55. The van der Waals surface area contributed by atoms with Gasteiger partial charge in [-0.1, -0.05) is 6.07 Å². The highest BCUT2D eigenvalue weighted by Crippen LogP contribution is 2.02. The minimum absolute atomic E-state index is 0.00792. The average Bonchev–Trinajstić information content (AvgIpc) is 2.77. The highest BCUT2D eigenvalue weighted by molar-refractivity contribution is 5.93. The lowest BCUT2D eigenvalue weighted by Gasteiger charge is -2.05. The van der Waals surface area contributed by atoms with Crippen molar-refractivity contribution in [1.29, 1.82) is 0 Å². The van der Waals surface area contributed by atoms with Gasteiger partial charge in [0.1, 0.15) is 0 Å². The summed E-state index contributed by atoms with van der Waals surface area (Å²) in [6.07, 6.45) is 5.42. The fourth-order valence-corrected chi connectivity index (χ4v) is 1.66. The number of carbonyl (C=O) groups is 1. The van der Waals surface area contributed by atoms with E-state index in [4.69, 9.17) is 0 Å². The Hall–Kier alpha value is -2.10. The van der Waals surface area contributed by atoms with Crippen molar-refractivity contribution in [2.45, 2.75) is 20.0 Å². The van der Waals surface area contributed by atoms with Crippen molar-refractivity contribution in [3.05, 3.63) is 58.8 Å². The number of hydrogen-bond acceptors (Lipinski definition) is 2. The zero-order chi connectivity index (χ0) is 12.3. The smallest absolute Gasteiger partial charge is 0.250 e. The Balaban J connectivity index is 2.05. The van der Waals surface area contributed by atoms with E-state index in [2.05, 4.69) is 0 Å². The first-order chi connectivity index (χ1) is 8.16. The highest BCUT2D eigenvalue weighted by atomic mass is 16.1. The third kappa shape index (κ3) is 2.72. The van der Waals surface area contributed by atoms with Crippen molar-refractivity contribution in [1.82, 2.24) is 9.13 Å². The predicted molar refractivity (Wildman–Crippen MR) is 65.1 cm³/mol. The van der Waals surface area contributed by atoms with Gasteiger partial charge in [-0.15, -0.1) is 0 Å². The Morgan fingerprint density at radius 3 is 2.65 bits per heavy atom. The second-order valence-corrected chi connectivity index (χ2v) is 3.93. The molecule has 0 aliphatic carbocycles. The lowest BCUT2D eigenvalue weighted by Crippen LogP contribution is -2.20. The second kappa shape index (κ2) is 4.82. The van der Waals surface area contributed by atoms with E-state index in [9.17, 15) is 9.59 Å². The molecule has 4 nitrogen and oxygen atoms in total. The monoisotopic (exact) mass is 230 g/mol. The molecule has 0 aliphatic heterocycles. The molecular weight excluding hydrogens is 216 g/mol. The van der Waals surface area contributed by atoms with Crippen LogP contribution in [-0.2, 0) is 13.1 Å². The molecule has 2 aromatic rings. The summed E-state index contributed by atoms with van der Waals surface area (Å²) in [5, 5.41) is 0. The van der Waals surface area contributed by atoms with Gasteiger partial charge in [0.2, 0.25) is 0 Å². The Labute approximate surface area is 99.1 Å². The van der Waals surface area contributed by atoms with Crippen molar-refractivity contribution < 1.29 is 4.79 Å². The molecule has 2 rings (SSSR count). The molecule has 4 heteroatoms. The molecular formula is C13H14N2O2. The largest absolute Gasteiger partial charge is 0.352 e. The minimum Gasteiger partial charge on any atom is -0.352 e. The highest BCUT2D eigenvalue weighted by Gasteiger charge is 2.01. The van der Waals surface area contributed by atoms with Gasteiger partial charge >= 0.3 is 0 Å². The first-order valence-corrected chi connectivity index (χ1v) is 5.49. The first-order valence-electron chi connectivity index (χ1n) is 5.49. The third-order valence-electron chi connectivity index (χ3n) is 2.66. The van der Waals surface area contributed by atoms with Gasteiger partial charge < -0.3 is 9.13 Å². The molecule has 88 valence electrons. The van der Waals surface area contributed by atoms with Gasteiger partial charge in [-0.05, 0) is 19.1 Å². The maximum Gasteiger partial charge on any atom is 0.250 e. The summed E-state index contributed by atoms with van der Waals surface area (Å²) in [4.78, 5) is 22.6. The summed E-state index contributed by atoms with van der Waals surface area (Å²) in [5.41, 5.74) is 0.692. The molecule has 0 saturated heterocycles. The van der Waals surface area contributed by atoms with E-state index in [0.29, 0.717) is 18.7 Å². The lowest BCUT2D eigenvalue weighted by molar-refractivity contribution is 0.101. The molecule has 0 aliphatic rings. The van der Waals surface area contributed by atoms with E-state index >= 15 is 0 Å². The van der Waals surface area contributed by atoms with Crippen molar-refractivity contribution in [2.75, 3.05) is 0 Å². The molecule has 0 unspecified atom stereocenters. The van der Waals surface area contributed by atoms with Crippen LogP contribution in [0.15, 0.2) is 47.7 Å². The van der Waals surface area contributed by atoms with E-state index in [1.165, 1.54) is 6.07 Å². The van der Waals surface area contributed by atoms with Gasteiger partial charge in [0, 0.05) is 43.3 Å². The Morgan fingerprint density at radius 1 is 1.18 bits per heavy atom. The van der Waals surface area contributed by atoms with Gasteiger partial charge in [0.05, 0.1) is 0 Å². The number of ketones is 1. The van der Waals surface area contributed by atoms with Crippen LogP contribution in [0.5, 0.6) is 0 Å². The molecule has 17 heavy (non-hydrogen) atoms. The number of aryl methyl sites for hydroxylation is 2. The number of nitrogens with zero attached hydrogens (tertiary/aromatic N) is 2. The molecule has 0 spiro atoms. The van der Waals surface area contributed by atoms with Crippen LogP contribution >= 0.6 is 0 Å². The van der Waals surface area contributed by atoms with Crippen LogP contribution in [-0.4, -0.2) is 14.9 Å². The molecule has 0 bridgehead atoms. The minimum atomic E-state index is -0.00792. The van der Waals surface area contributed by atoms with E-state index in [1.807, 2.05) is 16.8 Å². The topological polar surface area (TPSA) is 44.0 Å². The molecule has 0 saturated carbocycles. The third-order valence-corrected chi connectivity index (χ3v) is 2.66. The van der Waals surface area contributed by atoms with Crippen LogP contribution in [0.3, 0.4) is 0 Å². The first kappa shape index (κ1) is 11.4. The van der Waals surface area contributed by atoms with E-state index < -0.39 is 0 Å². The van der Waals surface area contributed by atoms with Crippen LogP contribution in [0, 0.1) is 0 Å². The summed E-state index contributed by atoms with van der Waals surface area (Å²) >= 11 is 0. The van der Waals surface area contributed by atoms with Crippen LogP contribution in [0.25, 0.3) is 0 Å². The molecule has 0 radical (unpaired) electrons. The van der Waals surface area contributed by atoms with Crippen LogP contribution < -0.4 is 5.56 Å². The van der Waals surface area contributed by atoms with Crippen molar-refractivity contribution in [3.8, 4) is 0 Å². The van der Waals surface area contributed by atoms with E-state index in [0.717, 1.165) is 0 Å². The van der Waals surface area contributed by atoms with E-state index in [1.54, 1.807) is 36.0 Å². The fraction of sp³-hybridized carbons (Fsp3) is 0.231. The van der Waals surface area contributed by atoms with Crippen molar-refractivity contribution >= 4 is 5.78 Å². The summed E-state index contributed by atoms with van der Waals surface area (Å²) in [6, 6.07) is 6.88. The number of pyridine rings is 1. The van der Waals surface area contributed by atoms with Gasteiger partial charge in [-0.25, -0.2) is 0 Å². The number of carbonyl (C=O) groups excluding carboxylic acids is 1. The second-order valence-electron chi connectivity index (χ2n) is 3.93. The average molecular weight is 230 g/mol. The summed E-state index contributed by atoms with van der Waals surface area (Å²) in [5.74, 6) is 0.0561. The zero-order valence-electron chi connectivity index (χ0n) is 9.67. The lowest BCUT2D eigenvalue weighted by atomic mass is 10.2. The molecule has 0 atom stereocenters. The number of rotatable bonds is 4. The van der Waals surface area contributed by atoms with Gasteiger partial charge in [-0.2, -0.15) is 0 Å². The van der Waals surface area contributed by atoms with Crippen molar-refractivity contribution in [3.63, 3.8) is 0 Å². The quantitative estimate of drug-likeness (QED) is 0.748. The SMILES string of the molecule is CC(=O)c1ccn(CCn2ccccc2=O)c1. The number of hydrogen-bond donors (Lipinski definition) is 0. The van der Waals surface area contributed by atoms with Crippen LogP contribution in [0.1, 0.15) is 17.3 Å². The molecule has 2 heterocycles. The summed E-state index contributed by atoms with van der Waals surface area (Å²) in [6.45, 7) is 2.82. The standard InChI is InChI=1S/C13H14N2O2/c1-11(16)12-5-7-14(10-12)8-9-15-6-3-2-4-13(15)17/h2-7,10H,8-9H2,1H3. The van der Waals surface area contributed by atoms with Gasteiger partial charge in [0.15, 0.2) is 5.78 Å². The zero-order valence-corrected chi connectivity index (χ0v) is 9.67. The van der Waals surface area contributed by atoms with E-state index in [-0.39, 0.29) is 11.3 Å². The fourth-order valence-electron chi connectivity index (χ4n) is 1.66. The Morgan fingerprint density at radius 2 is 2.00 bits per heavy atom. The normalized spacial score (nSPS) is 10.4. The maximum absolute atomic E-state index is 11.5.